The summed E-state index contributed by atoms with van der Waals surface area (Å²) in [6, 6.07) is 8.36. The number of carboxylic acids is 1. The Morgan fingerprint density at radius 1 is 1.32 bits per heavy atom. The van der Waals surface area contributed by atoms with Gasteiger partial charge in [0.15, 0.2) is 0 Å². The molecule has 0 saturated heterocycles. The van der Waals surface area contributed by atoms with Crippen molar-refractivity contribution >= 4 is 11.9 Å². The van der Waals surface area contributed by atoms with Crippen molar-refractivity contribution in [1.82, 2.24) is 0 Å². The number of carboxylic acid groups (broad SMARTS) is 1. The van der Waals surface area contributed by atoms with Crippen LogP contribution in [0.3, 0.4) is 0 Å². The van der Waals surface area contributed by atoms with Crippen molar-refractivity contribution in [1.29, 1.82) is 0 Å². The summed E-state index contributed by atoms with van der Waals surface area (Å²) < 4.78 is 4.52. The number of rotatable bonds is 4. The molecule has 1 aromatic carbocycles. The molecule has 2 atom stereocenters. The van der Waals surface area contributed by atoms with Crippen LogP contribution in [0.25, 0.3) is 0 Å². The highest BCUT2D eigenvalue weighted by atomic mass is 16.5. The standard InChI is InChI=1S/C9H10O2.C4H9NO3/c1-11-9(10)7-8-5-3-2-4-6-8;1-2(6)3(5)4(7)8/h2-6H,7H2,1H3;2-3,6H,5H2,1H3,(H,7,8)/t;2-,3+/m.1/s1. The van der Waals surface area contributed by atoms with E-state index in [9.17, 15) is 9.59 Å². The minimum atomic E-state index is -1.18. The molecule has 0 aromatic heterocycles. The van der Waals surface area contributed by atoms with Crippen LogP contribution >= 0.6 is 0 Å². The third-order valence-corrected chi connectivity index (χ3v) is 2.22. The average molecular weight is 269 g/mol. The van der Waals surface area contributed by atoms with E-state index in [2.05, 4.69) is 4.74 Å². The number of aliphatic carboxylic acids is 1. The molecule has 1 aromatic rings. The van der Waals surface area contributed by atoms with E-state index < -0.39 is 18.1 Å². The van der Waals surface area contributed by atoms with E-state index >= 15 is 0 Å². The van der Waals surface area contributed by atoms with E-state index in [-0.39, 0.29) is 5.97 Å². The fraction of sp³-hybridized carbons (Fsp3) is 0.385. The Balaban J connectivity index is 0.000000362. The summed E-state index contributed by atoms with van der Waals surface area (Å²) in [6.45, 7) is 1.33. The quantitative estimate of drug-likeness (QED) is 0.673. The van der Waals surface area contributed by atoms with Crippen molar-refractivity contribution in [2.24, 2.45) is 5.73 Å². The molecule has 0 aliphatic rings. The molecule has 0 unspecified atom stereocenters. The largest absolute Gasteiger partial charge is 0.480 e. The van der Waals surface area contributed by atoms with Crippen LogP contribution in [0, 0.1) is 0 Å². The molecule has 0 saturated carbocycles. The molecular formula is C13H19NO5. The van der Waals surface area contributed by atoms with Crippen molar-refractivity contribution in [3.8, 4) is 0 Å². The van der Waals surface area contributed by atoms with Crippen LogP contribution in [-0.2, 0) is 20.7 Å². The number of nitrogens with two attached hydrogens (primary N) is 1. The second kappa shape index (κ2) is 9.07. The lowest BCUT2D eigenvalue weighted by Crippen LogP contribution is -2.39. The molecule has 4 N–H and O–H groups in total. The first-order chi connectivity index (χ1) is 8.88. The summed E-state index contributed by atoms with van der Waals surface area (Å²) in [6.07, 6.45) is -0.621. The van der Waals surface area contributed by atoms with Gasteiger partial charge in [-0.2, -0.15) is 0 Å². The molecule has 19 heavy (non-hydrogen) atoms. The molecule has 0 fully saturated rings. The predicted octanol–water partition coefficient (Wildman–Crippen LogP) is 0.181. The summed E-state index contributed by atoms with van der Waals surface area (Å²) in [4.78, 5) is 20.6. The maximum Gasteiger partial charge on any atom is 0.323 e. The third kappa shape index (κ3) is 7.91. The molecule has 0 radical (unpaired) electrons. The van der Waals surface area contributed by atoms with Gasteiger partial charge >= 0.3 is 11.9 Å². The van der Waals surface area contributed by atoms with Crippen LogP contribution in [0.2, 0.25) is 0 Å². The predicted molar refractivity (Wildman–Crippen MR) is 69.5 cm³/mol. The lowest BCUT2D eigenvalue weighted by atomic mass is 10.2. The first-order valence-corrected chi connectivity index (χ1v) is 5.65. The van der Waals surface area contributed by atoms with Gasteiger partial charge in [0.05, 0.1) is 19.6 Å². The summed E-state index contributed by atoms with van der Waals surface area (Å²) >= 11 is 0. The Labute approximate surface area is 111 Å². The van der Waals surface area contributed by atoms with Crippen molar-refractivity contribution in [3.05, 3.63) is 35.9 Å². The zero-order valence-electron chi connectivity index (χ0n) is 10.9. The SMILES string of the molecule is COC(=O)Cc1ccccc1.C[C@@H](O)[C@H](N)C(=O)O. The van der Waals surface area contributed by atoms with Crippen LogP contribution in [0.5, 0.6) is 0 Å². The van der Waals surface area contributed by atoms with E-state index in [1.165, 1.54) is 14.0 Å². The molecule has 0 bridgehead atoms. The average Bonchev–Trinajstić information content (AvgIpc) is 2.39. The summed E-state index contributed by atoms with van der Waals surface area (Å²) in [5.74, 6) is -1.38. The zero-order chi connectivity index (χ0) is 14.8. The molecular weight excluding hydrogens is 250 g/mol. The maximum absolute atomic E-state index is 10.8. The van der Waals surface area contributed by atoms with Crippen LogP contribution in [0.15, 0.2) is 30.3 Å². The van der Waals surface area contributed by atoms with Crippen molar-refractivity contribution in [3.63, 3.8) is 0 Å². The first-order valence-electron chi connectivity index (χ1n) is 5.65. The lowest BCUT2D eigenvalue weighted by Gasteiger charge is -2.06. The number of ether oxygens (including phenoxy) is 1. The number of aliphatic hydroxyl groups excluding tert-OH is 1. The zero-order valence-corrected chi connectivity index (χ0v) is 10.9. The monoisotopic (exact) mass is 269 g/mol. The Kier molecular flexibility index (Phi) is 8.15. The highest BCUT2D eigenvalue weighted by molar-refractivity contribution is 5.73. The lowest BCUT2D eigenvalue weighted by molar-refractivity contribution is -0.141. The van der Waals surface area contributed by atoms with Gasteiger partial charge in [-0.3, -0.25) is 9.59 Å². The van der Waals surface area contributed by atoms with E-state index in [1.807, 2.05) is 30.3 Å². The number of benzene rings is 1. The number of hydrogen-bond acceptors (Lipinski definition) is 5. The molecule has 106 valence electrons. The number of carbonyl (C=O) groups is 2. The van der Waals surface area contributed by atoms with Gasteiger partial charge in [0.2, 0.25) is 0 Å². The minimum absolute atomic E-state index is 0.198. The molecule has 0 heterocycles. The highest BCUT2D eigenvalue weighted by Crippen LogP contribution is 1.99. The fourth-order valence-electron chi connectivity index (χ4n) is 1.04. The van der Waals surface area contributed by atoms with Gasteiger partial charge in [-0.15, -0.1) is 0 Å². The van der Waals surface area contributed by atoms with Crippen molar-refractivity contribution in [2.45, 2.75) is 25.5 Å². The summed E-state index contributed by atoms with van der Waals surface area (Å²) in [5.41, 5.74) is 5.90. The second-order valence-corrected chi connectivity index (χ2v) is 3.84. The first kappa shape index (κ1) is 17.1. The Hall–Kier alpha value is -1.92. The fourth-order valence-corrected chi connectivity index (χ4v) is 1.04. The van der Waals surface area contributed by atoms with Gasteiger partial charge in [0.1, 0.15) is 6.04 Å². The highest BCUT2D eigenvalue weighted by Gasteiger charge is 2.16. The summed E-state index contributed by atoms with van der Waals surface area (Å²) in [7, 11) is 1.39. The molecule has 6 nitrogen and oxygen atoms in total. The van der Waals surface area contributed by atoms with Gasteiger partial charge in [0.25, 0.3) is 0 Å². The van der Waals surface area contributed by atoms with Crippen LogP contribution in [-0.4, -0.2) is 41.4 Å². The number of carbonyl (C=O) groups excluding carboxylic acids is 1. The Morgan fingerprint density at radius 3 is 2.16 bits per heavy atom. The summed E-state index contributed by atoms with van der Waals surface area (Å²) in [5, 5.41) is 16.6. The normalized spacial score (nSPS) is 12.6. The van der Waals surface area contributed by atoms with Gasteiger partial charge < -0.3 is 20.7 Å². The topological polar surface area (TPSA) is 110 Å². The van der Waals surface area contributed by atoms with Crippen LogP contribution < -0.4 is 5.73 Å². The van der Waals surface area contributed by atoms with Gasteiger partial charge in [-0.1, -0.05) is 30.3 Å². The Bertz CT molecular complexity index is 391. The molecule has 0 aliphatic heterocycles. The van der Waals surface area contributed by atoms with E-state index in [0.717, 1.165) is 5.56 Å². The number of methoxy groups -OCH3 is 1. The maximum atomic E-state index is 10.8. The minimum Gasteiger partial charge on any atom is -0.480 e. The van der Waals surface area contributed by atoms with E-state index in [4.69, 9.17) is 15.9 Å². The van der Waals surface area contributed by atoms with Gasteiger partial charge in [-0.25, -0.2) is 0 Å². The molecule has 0 spiro atoms. The molecule has 0 amide bonds. The second-order valence-electron chi connectivity index (χ2n) is 3.84. The smallest absolute Gasteiger partial charge is 0.323 e. The number of hydrogen-bond donors (Lipinski definition) is 3. The number of aliphatic hydroxyl groups is 1. The van der Waals surface area contributed by atoms with Gasteiger partial charge in [-0.05, 0) is 12.5 Å². The molecule has 0 aliphatic carbocycles. The third-order valence-electron chi connectivity index (χ3n) is 2.22. The number of esters is 1. The molecule has 1 rings (SSSR count). The van der Waals surface area contributed by atoms with Gasteiger partial charge in [0, 0.05) is 0 Å². The molecule has 6 heteroatoms. The van der Waals surface area contributed by atoms with Crippen molar-refractivity contribution in [2.75, 3.05) is 7.11 Å². The van der Waals surface area contributed by atoms with Crippen molar-refractivity contribution < 1.29 is 24.5 Å². The van der Waals surface area contributed by atoms with E-state index in [0.29, 0.717) is 6.42 Å². The van der Waals surface area contributed by atoms with Crippen LogP contribution in [0.1, 0.15) is 12.5 Å². The Morgan fingerprint density at radius 2 is 1.84 bits per heavy atom. The van der Waals surface area contributed by atoms with Crippen LogP contribution in [0.4, 0.5) is 0 Å². The van der Waals surface area contributed by atoms with E-state index in [1.54, 1.807) is 0 Å².